The molecule has 2 aromatic rings. The van der Waals surface area contributed by atoms with E-state index < -0.39 is 11.7 Å². The van der Waals surface area contributed by atoms with Gasteiger partial charge in [0.1, 0.15) is 5.82 Å². The van der Waals surface area contributed by atoms with E-state index >= 15 is 0 Å². The molecule has 0 bridgehead atoms. The summed E-state index contributed by atoms with van der Waals surface area (Å²) in [7, 11) is 0. The van der Waals surface area contributed by atoms with Crippen molar-refractivity contribution in [2.24, 2.45) is 0 Å². The lowest BCUT2D eigenvalue weighted by Gasteiger charge is -2.12. The molecule has 4 heteroatoms. The molecule has 0 saturated heterocycles. The molecule has 0 spiro atoms. The highest BCUT2D eigenvalue weighted by Gasteiger charge is 2.32. The Kier molecular flexibility index (Phi) is 4.99. The number of hydrogen-bond acceptors (Lipinski definition) is 0. The third kappa shape index (κ3) is 4.59. The second-order valence-electron chi connectivity index (χ2n) is 4.99. The SMILES string of the molecule is Fc1ccc(CCCCc2ccccc2C(F)(F)F)cc1. The van der Waals surface area contributed by atoms with Crippen LogP contribution in [0.5, 0.6) is 0 Å². The lowest BCUT2D eigenvalue weighted by atomic mass is 9.99. The van der Waals surface area contributed by atoms with Crippen LogP contribution in [0, 0.1) is 5.82 Å². The first-order chi connectivity index (χ1) is 9.97. The minimum atomic E-state index is -4.30. The summed E-state index contributed by atoms with van der Waals surface area (Å²) in [6.45, 7) is 0. The van der Waals surface area contributed by atoms with E-state index in [9.17, 15) is 17.6 Å². The molecular formula is C17H16F4. The number of hydrogen-bond donors (Lipinski definition) is 0. The average molecular weight is 296 g/mol. The molecule has 0 radical (unpaired) electrons. The molecule has 0 fully saturated rings. The number of halogens is 4. The predicted octanol–water partition coefficient (Wildman–Crippen LogP) is 5.41. The molecule has 2 aromatic carbocycles. The summed E-state index contributed by atoms with van der Waals surface area (Å²) < 4.78 is 51.2. The molecule has 0 saturated carbocycles. The van der Waals surface area contributed by atoms with E-state index in [-0.39, 0.29) is 5.82 Å². The summed E-state index contributed by atoms with van der Waals surface area (Å²) in [5.41, 5.74) is 0.788. The number of aryl methyl sites for hydroxylation is 2. The first-order valence-electron chi connectivity index (χ1n) is 6.86. The van der Waals surface area contributed by atoms with Crippen LogP contribution in [0.3, 0.4) is 0 Å². The minimum Gasteiger partial charge on any atom is -0.207 e. The van der Waals surface area contributed by atoms with Crippen molar-refractivity contribution in [3.8, 4) is 0 Å². The fourth-order valence-corrected chi connectivity index (χ4v) is 2.31. The van der Waals surface area contributed by atoms with Crippen molar-refractivity contribution < 1.29 is 17.6 Å². The van der Waals surface area contributed by atoms with Gasteiger partial charge in [0.05, 0.1) is 5.56 Å². The highest BCUT2D eigenvalue weighted by molar-refractivity contribution is 5.29. The van der Waals surface area contributed by atoms with Gasteiger partial charge in [-0.2, -0.15) is 13.2 Å². The van der Waals surface area contributed by atoms with Crippen LogP contribution in [-0.2, 0) is 19.0 Å². The van der Waals surface area contributed by atoms with Crippen LogP contribution < -0.4 is 0 Å². The van der Waals surface area contributed by atoms with Crippen molar-refractivity contribution in [3.05, 3.63) is 71.0 Å². The van der Waals surface area contributed by atoms with E-state index in [2.05, 4.69) is 0 Å². The normalized spacial score (nSPS) is 11.6. The smallest absolute Gasteiger partial charge is 0.207 e. The monoisotopic (exact) mass is 296 g/mol. The fraction of sp³-hybridized carbons (Fsp3) is 0.294. The molecule has 2 rings (SSSR count). The van der Waals surface area contributed by atoms with Crippen molar-refractivity contribution in [1.82, 2.24) is 0 Å². The third-order valence-corrected chi connectivity index (χ3v) is 3.40. The summed E-state index contributed by atoms with van der Waals surface area (Å²) >= 11 is 0. The summed E-state index contributed by atoms with van der Waals surface area (Å²) in [5.74, 6) is -0.280. The summed E-state index contributed by atoms with van der Waals surface area (Å²) in [5, 5.41) is 0. The number of alkyl halides is 3. The van der Waals surface area contributed by atoms with Gasteiger partial charge < -0.3 is 0 Å². The maximum atomic E-state index is 12.8. The van der Waals surface area contributed by atoms with Gasteiger partial charge >= 0.3 is 6.18 Å². The van der Waals surface area contributed by atoms with E-state index in [0.29, 0.717) is 18.4 Å². The zero-order chi connectivity index (χ0) is 15.3. The number of rotatable bonds is 5. The van der Waals surface area contributed by atoms with E-state index in [1.165, 1.54) is 24.3 Å². The Morgan fingerprint density at radius 3 is 2.05 bits per heavy atom. The maximum Gasteiger partial charge on any atom is 0.416 e. The van der Waals surface area contributed by atoms with Gasteiger partial charge in [-0.25, -0.2) is 4.39 Å². The number of unbranched alkanes of at least 4 members (excludes halogenated alkanes) is 1. The molecule has 0 atom stereocenters. The van der Waals surface area contributed by atoms with Crippen molar-refractivity contribution >= 4 is 0 Å². The Bertz CT molecular complexity index is 570. The van der Waals surface area contributed by atoms with Crippen molar-refractivity contribution in [2.75, 3.05) is 0 Å². The topological polar surface area (TPSA) is 0 Å². The van der Waals surface area contributed by atoms with Crippen LogP contribution in [0.2, 0.25) is 0 Å². The lowest BCUT2D eigenvalue weighted by molar-refractivity contribution is -0.138. The summed E-state index contributed by atoms with van der Waals surface area (Å²) in [4.78, 5) is 0. The highest BCUT2D eigenvalue weighted by atomic mass is 19.4. The van der Waals surface area contributed by atoms with Gasteiger partial charge in [0.15, 0.2) is 0 Å². The van der Waals surface area contributed by atoms with Crippen molar-refractivity contribution in [3.63, 3.8) is 0 Å². The fourth-order valence-electron chi connectivity index (χ4n) is 2.31. The van der Waals surface area contributed by atoms with Gasteiger partial charge in [0.2, 0.25) is 0 Å². The molecule has 0 aliphatic heterocycles. The average Bonchev–Trinajstić information content (AvgIpc) is 2.45. The molecule has 0 aliphatic rings. The van der Waals surface area contributed by atoms with E-state index in [1.807, 2.05) is 0 Å². The van der Waals surface area contributed by atoms with Crippen molar-refractivity contribution in [2.45, 2.75) is 31.9 Å². The van der Waals surface area contributed by atoms with E-state index in [1.54, 1.807) is 18.2 Å². The molecule has 0 aromatic heterocycles. The Morgan fingerprint density at radius 2 is 1.38 bits per heavy atom. The van der Waals surface area contributed by atoms with Crippen LogP contribution >= 0.6 is 0 Å². The van der Waals surface area contributed by atoms with Crippen LogP contribution in [-0.4, -0.2) is 0 Å². The van der Waals surface area contributed by atoms with Crippen LogP contribution in [0.4, 0.5) is 17.6 Å². The Morgan fingerprint density at radius 1 is 0.762 bits per heavy atom. The molecule has 0 heterocycles. The second-order valence-corrected chi connectivity index (χ2v) is 4.99. The molecule has 21 heavy (non-hydrogen) atoms. The quantitative estimate of drug-likeness (QED) is 0.511. The molecular weight excluding hydrogens is 280 g/mol. The van der Waals surface area contributed by atoms with Crippen LogP contribution in [0.25, 0.3) is 0 Å². The van der Waals surface area contributed by atoms with Gasteiger partial charge in [-0.1, -0.05) is 30.3 Å². The molecule has 0 nitrogen and oxygen atoms in total. The zero-order valence-electron chi connectivity index (χ0n) is 11.5. The first kappa shape index (κ1) is 15.5. The Balaban J connectivity index is 1.88. The van der Waals surface area contributed by atoms with E-state index in [4.69, 9.17) is 0 Å². The molecule has 0 N–H and O–H groups in total. The largest absolute Gasteiger partial charge is 0.416 e. The second kappa shape index (κ2) is 6.74. The van der Waals surface area contributed by atoms with Gasteiger partial charge in [0.25, 0.3) is 0 Å². The Hall–Kier alpha value is -1.84. The van der Waals surface area contributed by atoms with Gasteiger partial charge in [0, 0.05) is 0 Å². The number of benzene rings is 2. The van der Waals surface area contributed by atoms with Crippen molar-refractivity contribution in [1.29, 1.82) is 0 Å². The first-order valence-corrected chi connectivity index (χ1v) is 6.86. The molecule has 0 unspecified atom stereocenters. The maximum absolute atomic E-state index is 12.8. The Labute approximate surface area is 121 Å². The molecule has 112 valence electrons. The highest BCUT2D eigenvalue weighted by Crippen LogP contribution is 2.32. The summed E-state index contributed by atoms with van der Waals surface area (Å²) in [6, 6.07) is 11.9. The van der Waals surface area contributed by atoms with Gasteiger partial charge in [-0.15, -0.1) is 0 Å². The standard InChI is InChI=1S/C17H16F4/c18-15-11-9-13(10-12-15)5-1-2-6-14-7-3-4-8-16(14)17(19,20)21/h3-4,7-12H,1-2,5-6H2. The molecule has 0 aliphatic carbocycles. The minimum absolute atomic E-state index is 0.280. The van der Waals surface area contributed by atoms with Crippen LogP contribution in [0.15, 0.2) is 48.5 Å². The lowest BCUT2D eigenvalue weighted by Crippen LogP contribution is -2.09. The van der Waals surface area contributed by atoms with E-state index in [0.717, 1.165) is 24.5 Å². The third-order valence-electron chi connectivity index (χ3n) is 3.40. The predicted molar refractivity (Wildman–Crippen MR) is 74.5 cm³/mol. The zero-order valence-corrected chi connectivity index (χ0v) is 11.5. The summed E-state index contributed by atoms with van der Waals surface area (Å²) in [6.07, 6.45) is -1.71. The van der Waals surface area contributed by atoms with Crippen LogP contribution in [0.1, 0.15) is 29.5 Å². The molecule has 0 amide bonds. The van der Waals surface area contributed by atoms with Gasteiger partial charge in [-0.3, -0.25) is 0 Å². The van der Waals surface area contributed by atoms with Gasteiger partial charge in [-0.05, 0) is 55.0 Å².